The molecule has 3 aromatic rings. The van der Waals surface area contributed by atoms with Crippen LogP contribution in [0.4, 0.5) is 11.8 Å². The van der Waals surface area contributed by atoms with Gasteiger partial charge in [-0.15, -0.1) is 0 Å². The number of anilines is 2. The van der Waals surface area contributed by atoms with Crippen molar-refractivity contribution in [2.24, 2.45) is 0 Å². The first kappa shape index (κ1) is 11.4. The van der Waals surface area contributed by atoms with E-state index in [-0.39, 0.29) is 22.6 Å². The first-order valence-corrected chi connectivity index (χ1v) is 5.50. The Morgan fingerprint density at radius 1 is 1.42 bits per heavy atom. The number of hydrogen-bond acceptors (Lipinski definition) is 6. The fraction of sp³-hybridized carbons (Fsp3) is 0. The van der Waals surface area contributed by atoms with Gasteiger partial charge in [0.2, 0.25) is 5.95 Å². The average Bonchev–Trinajstić information content (AvgIpc) is 2.97. The number of carbonyl (C=O) groups is 1. The van der Waals surface area contributed by atoms with Crippen molar-refractivity contribution in [1.29, 1.82) is 0 Å². The largest absolute Gasteiger partial charge is 0.382 e. The molecule has 3 aromatic heterocycles. The molecule has 0 saturated heterocycles. The normalized spacial score (nSPS) is 10.8. The minimum Gasteiger partial charge on any atom is -0.382 e. The lowest BCUT2D eigenvalue weighted by Gasteiger charge is -2.02. The topological polar surface area (TPSA) is 138 Å². The van der Waals surface area contributed by atoms with E-state index >= 15 is 0 Å². The summed E-state index contributed by atoms with van der Waals surface area (Å²) >= 11 is 5.92. The van der Waals surface area contributed by atoms with E-state index in [1.165, 1.54) is 12.4 Å². The number of nitrogen functional groups attached to an aromatic ring is 1. The van der Waals surface area contributed by atoms with Crippen LogP contribution in [0.5, 0.6) is 0 Å². The molecular formula is C9H7ClN8O. The van der Waals surface area contributed by atoms with Crippen molar-refractivity contribution in [3.63, 3.8) is 0 Å². The van der Waals surface area contributed by atoms with Crippen LogP contribution < -0.4 is 11.1 Å². The lowest BCUT2D eigenvalue weighted by molar-refractivity contribution is 0.102. The van der Waals surface area contributed by atoms with E-state index in [0.29, 0.717) is 11.2 Å². The van der Waals surface area contributed by atoms with Crippen LogP contribution in [0.3, 0.4) is 0 Å². The molecule has 19 heavy (non-hydrogen) atoms. The van der Waals surface area contributed by atoms with Gasteiger partial charge in [-0.1, -0.05) is 11.6 Å². The number of nitrogens with zero attached hydrogens (tertiary/aromatic N) is 4. The van der Waals surface area contributed by atoms with Crippen molar-refractivity contribution in [3.8, 4) is 0 Å². The van der Waals surface area contributed by atoms with Crippen molar-refractivity contribution in [2.45, 2.75) is 0 Å². The number of amides is 1. The van der Waals surface area contributed by atoms with Gasteiger partial charge in [-0.2, -0.15) is 15.1 Å². The third-order valence-electron chi connectivity index (χ3n) is 2.31. The molecule has 0 bridgehead atoms. The van der Waals surface area contributed by atoms with Crippen LogP contribution in [0.25, 0.3) is 11.2 Å². The van der Waals surface area contributed by atoms with Gasteiger partial charge in [0, 0.05) is 6.07 Å². The van der Waals surface area contributed by atoms with Crippen LogP contribution in [-0.4, -0.2) is 36.0 Å². The molecular weight excluding hydrogens is 272 g/mol. The van der Waals surface area contributed by atoms with E-state index in [4.69, 9.17) is 17.3 Å². The minimum absolute atomic E-state index is 0.0442. The summed E-state index contributed by atoms with van der Waals surface area (Å²) in [5.74, 6) is -0.218. The van der Waals surface area contributed by atoms with Gasteiger partial charge in [-0.05, 0) is 0 Å². The summed E-state index contributed by atoms with van der Waals surface area (Å²) in [5.41, 5.74) is 6.47. The molecule has 10 heteroatoms. The summed E-state index contributed by atoms with van der Waals surface area (Å²) < 4.78 is 0. The van der Waals surface area contributed by atoms with Crippen LogP contribution in [0.2, 0.25) is 5.15 Å². The predicted octanol–water partition coefficient (Wildman–Crippen LogP) is 0.564. The van der Waals surface area contributed by atoms with E-state index in [1.807, 2.05) is 0 Å². The molecule has 9 nitrogen and oxygen atoms in total. The molecule has 96 valence electrons. The minimum atomic E-state index is -0.477. The summed E-state index contributed by atoms with van der Waals surface area (Å²) in [4.78, 5) is 26.5. The summed E-state index contributed by atoms with van der Waals surface area (Å²) in [6.07, 6.45) is 1.44. The quantitative estimate of drug-likeness (QED) is 0.505. The molecule has 0 atom stereocenters. The average molecular weight is 279 g/mol. The number of nitrogens with two attached hydrogens (primary N) is 1. The van der Waals surface area contributed by atoms with Gasteiger partial charge < -0.3 is 10.7 Å². The van der Waals surface area contributed by atoms with E-state index in [0.717, 1.165) is 0 Å². The number of halogens is 1. The molecule has 3 rings (SSSR count). The van der Waals surface area contributed by atoms with Gasteiger partial charge in [-0.25, -0.2) is 4.98 Å². The van der Waals surface area contributed by atoms with E-state index in [1.54, 1.807) is 0 Å². The number of aromatic nitrogens is 6. The Kier molecular flexibility index (Phi) is 2.53. The zero-order valence-electron chi connectivity index (χ0n) is 9.31. The van der Waals surface area contributed by atoms with Gasteiger partial charge in [-0.3, -0.25) is 15.2 Å². The number of hydrogen-bond donors (Lipinski definition) is 4. The highest BCUT2D eigenvalue weighted by atomic mass is 35.5. The summed E-state index contributed by atoms with van der Waals surface area (Å²) in [6.45, 7) is 0. The number of imidazole rings is 1. The zero-order chi connectivity index (χ0) is 13.4. The number of rotatable bonds is 2. The first-order valence-electron chi connectivity index (χ1n) is 5.12. The highest BCUT2D eigenvalue weighted by molar-refractivity contribution is 6.33. The fourth-order valence-corrected chi connectivity index (χ4v) is 1.70. The molecule has 5 N–H and O–H groups in total. The number of H-pyrrole nitrogens is 2. The smallest absolute Gasteiger partial charge is 0.276 e. The molecule has 0 radical (unpaired) electrons. The standard InChI is InChI=1S/C9H7ClN8O/c10-6-5-7(13-2-12-5)15-9(14-6)16-8(19)3-1-4(11)18-17-3/h1-2H,(H3,11,17,18)(H2,12,13,14,15,16,19). The molecule has 0 fully saturated rings. The molecule has 0 aromatic carbocycles. The van der Waals surface area contributed by atoms with Crippen LogP contribution in [0.1, 0.15) is 10.5 Å². The molecule has 0 aliphatic carbocycles. The Hall–Kier alpha value is -2.68. The maximum Gasteiger partial charge on any atom is 0.276 e. The monoisotopic (exact) mass is 278 g/mol. The van der Waals surface area contributed by atoms with Gasteiger partial charge in [0.25, 0.3) is 5.91 Å². The number of aromatic amines is 2. The third kappa shape index (κ3) is 2.06. The lowest BCUT2D eigenvalue weighted by atomic mass is 10.4. The number of fused-ring (bicyclic) bond motifs is 1. The Bertz CT molecular complexity index is 763. The van der Waals surface area contributed by atoms with Crippen molar-refractivity contribution >= 4 is 40.4 Å². The second-order valence-electron chi connectivity index (χ2n) is 3.60. The second kappa shape index (κ2) is 4.21. The number of nitrogens with one attached hydrogen (secondary N) is 3. The summed E-state index contributed by atoms with van der Waals surface area (Å²) in [6, 6.07) is 1.39. The summed E-state index contributed by atoms with van der Waals surface area (Å²) in [5, 5.41) is 8.76. The highest BCUT2D eigenvalue weighted by Crippen LogP contribution is 2.18. The SMILES string of the molecule is Nc1cc(C(=O)Nc2nc(Cl)c3[nH]cnc3n2)[nH]n1. The predicted molar refractivity (Wildman–Crippen MR) is 67.6 cm³/mol. The van der Waals surface area contributed by atoms with Crippen LogP contribution in [0, 0.1) is 0 Å². The Morgan fingerprint density at radius 3 is 3.00 bits per heavy atom. The lowest BCUT2D eigenvalue weighted by Crippen LogP contribution is -2.14. The Labute approximate surface area is 110 Å². The van der Waals surface area contributed by atoms with Crippen molar-refractivity contribution in [1.82, 2.24) is 30.1 Å². The molecule has 0 spiro atoms. The highest BCUT2D eigenvalue weighted by Gasteiger charge is 2.13. The molecule has 1 amide bonds. The third-order valence-corrected chi connectivity index (χ3v) is 2.58. The zero-order valence-corrected chi connectivity index (χ0v) is 10.1. The van der Waals surface area contributed by atoms with E-state index < -0.39 is 5.91 Å². The molecule has 0 unspecified atom stereocenters. The van der Waals surface area contributed by atoms with Gasteiger partial charge in [0.15, 0.2) is 10.8 Å². The maximum absolute atomic E-state index is 11.8. The molecule has 0 aliphatic heterocycles. The van der Waals surface area contributed by atoms with Gasteiger partial charge in [0.05, 0.1) is 6.33 Å². The summed E-state index contributed by atoms with van der Waals surface area (Å²) in [7, 11) is 0. The maximum atomic E-state index is 11.8. The Balaban J connectivity index is 1.90. The van der Waals surface area contributed by atoms with E-state index in [9.17, 15) is 4.79 Å². The van der Waals surface area contributed by atoms with Gasteiger partial charge in [0.1, 0.15) is 17.0 Å². The van der Waals surface area contributed by atoms with Crippen molar-refractivity contribution in [3.05, 3.63) is 23.2 Å². The first-order chi connectivity index (χ1) is 9.13. The van der Waals surface area contributed by atoms with Crippen molar-refractivity contribution < 1.29 is 4.79 Å². The molecule has 0 aliphatic rings. The second-order valence-corrected chi connectivity index (χ2v) is 3.96. The number of carbonyl (C=O) groups excluding carboxylic acids is 1. The van der Waals surface area contributed by atoms with Crippen LogP contribution in [0.15, 0.2) is 12.4 Å². The van der Waals surface area contributed by atoms with Crippen molar-refractivity contribution in [2.75, 3.05) is 11.1 Å². The molecule has 3 heterocycles. The van der Waals surface area contributed by atoms with Crippen LogP contribution in [-0.2, 0) is 0 Å². The van der Waals surface area contributed by atoms with E-state index in [2.05, 4.69) is 35.5 Å². The van der Waals surface area contributed by atoms with Crippen LogP contribution >= 0.6 is 11.6 Å². The fourth-order valence-electron chi connectivity index (χ4n) is 1.48. The Morgan fingerprint density at radius 2 is 2.26 bits per heavy atom. The van der Waals surface area contributed by atoms with Gasteiger partial charge >= 0.3 is 0 Å². The molecule has 0 saturated carbocycles.